The summed E-state index contributed by atoms with van der Waals surface area (Å²) in [5.41, 5.74) is 4.44. The molecule has 4 aromatic carbocycles. The molecule has 4 aromatic rings. The van der Waals surface area contributed by atoms with Crippen LogP contribution in [-0.4, -0.2) is 152 Å². The van der Waals surface area contributed by atoms with Crippen LogP contribution in [0.2, 0.25) is 0 Å². The third-order valence-corrected chi connectivity index (χ3v) is 14.6. The molecule has 0 amide bonds. The zero-order valence-electron chi connectivity index (χ0n) is 68.0. The third kappa shape index (κ3) is 150. The maximum absolute atomic E-state index is 10.5. The van der Waals surface area contributed by atoms with Crippen LogP contribution in [0.1, 0.15) is 62.8 Å². The highest BCUT2D eigenvalue weighted by Crippen LogP contribution is 2.42. The molecule has 0 aliphatic heterocycles. The maximum Gasteiger partial charge on any atom is 0.524 e. The van der Waals surface area contributed by atoms with Gasteiger partial charge < -0.3 is 97.6 Å². The molecule has 4 rings (SSSR count). The summed E-state index contributed by atoms with van der Waals surface area (Å²) < 4.78 is 145. The Morgan fingerprint density at radius 1 is 0.323 bits per heavy atom. The molecular weight excluding hydrogens is 1870 g/mol. The summed E-state index contributed by atoms with van der Waals surface area (Å²) in [6.45, 7) is 60.9. The van der Waals surface area contributed by atoms with Crippen molar-refractivity contribution >= 4 is 86.9 Å². The number of allylic oxidation sites excluding steroid dienone is 4. The van der Waals surface area contributed by atoms with Gasteiger partial charge in [-0.1, -0.05) is 115 Å². The van der Waals surface area contributed by atoms with E-state index in [1.54, 1.807) is 67.6 Å². The Hall–Kier alpha value is -6.45. The van der Waals surface area contributed by atoms with Gasteiger partial charge in [-0.25, -0.2) is 41.1 Å². The van der Waals surface area contributed by atoms with Crippen molar-refractivity contribution in [2.45, 2.75) is 90.6 Å². The average molecular weight is 1990 g/mol. The lowest BCUT2D eigenvalue weighted by atomic mass is 10.1. The quantitative estimate of drug-likeness (QED) is 0.0150. The van der Waals surface area contributed by atoms with Gasteiger partial charge in [0.2, 0.25) is 0 Å². The highest BCUT2D eigenvalue weighted by molar-refractivity contribution is 7.48. The van der Waals surface area contributed by atoms with Gasteiger partial charge in [0, 0.05) is 0 Å². The summed E-state index contributed by atoms with van der Waals surface area (Å²) >= 11 is 0. The number of phenols is 2. The standard InChI is InChI=1S/C10H13O4P.C9H11O4P.2C9H10O.C5H11O4P.3C4H9O4P.3C3H7O4P.3C2H4.2HO3P/c1-2-3-4-9-5-7-10(8-6-9)14-15(11,12)13;1-2-3-8-4-6-9(7-5-8)13-14(10,11)12;2*1-2-3-8-4-6-9(10)7-5-8;1-3-4-5(2)9-10(6,7)8;3*1-3-4(2)8-9(5,6)7;3*1-2-3-7-8(4,5)6;3*1-2;2*1-4(2)3/h2,5-8H,1,3-4H2,(H2,11,12,13);2,4-7H,1,3H2,(H2,10,11,12);2*2,4-7,10H,1,3H2;3,5H,1,4H2,2H3,(H2,6,7,8);3*3-4H,1H2,2H3,(H2,5,6,7);3*2H,1,3H2,(H2,4,5,6);3*1-2H2;2*(H,1,2,3). The van der Waals surface area contributed by atoms with Gasteiger partial charge in [0.15, 0.2) is 0 Å². The Bertz CT molecular complexity index is 3740. The van der Waals surface area contributed by atoms with Gasteiger partial charge in [-0.05, 0) is 146 Å². The SMILES string of the molecule is C=C.C=C.C=C.C=CC(C)OP(=O)(O)O.C=CC(C)OP(=O)(O)O.C=CC(C)OP(=O)(O)O.C=CCC(C)OP(=O)(O)O.C=CCCc1ccc(OP(=O)(O)O)cc1.C=CCOP(=O)(O)O.C=CCOP(=O)(O)O.C=CCOP(=O)(O)O.C=CCc1ccc(O)cc1.C=CCc1ccc(O)cc1.C=CCc1ccc(OP(=O)(O)O)cc1.O=[P+]([O-])O.O=[P+]([O-])O. The molecule has 22 N–H and O–H groups in total. The van der Waals surface area contributed by atoms with E-state index in [1.807, 2.05) is 42.5 Å². The lowest BCUT2D eigenvalue weighted by Crippen LogP contribution is -2.03. The summed E-state index contributed by atoms with van der Waals surface area (Å²) in [5, 5.41) is 17.8. The average Bonchev–Trinajstić information content (AvgIpc) is 0.885. The number of aryl methyl sites for hydroxylation is 1. The van der Waals surface area contributed by atoms with Crippen LogP contribution in [0.15, 0.2) is 276 Å². The first-order chi connectivity index (χ1) is 56.6. The minimum Gasteiger partial charge on any atom is -0.567 e. The van der Waals surface area contributed by atoms with Gasteiger partial charge in [0.1, 0.15) is 23.0 Å². The zero-order chi connectivity index (χ0) is 100. The van der Waals surface area contributed by atoms with Gasteiger partial charge in [-0.2, -0.15) is 9.79 Å². The number of benzene rings is 4. The van der Waals surface area contributed by atoms with E-state index in [4.69, 9.17) is 127 Å². The maximum atomic E-state index is 10.5. The van der Waals surface area contributed by atoms with Crippen LogP contribution in [-0.2, 0) is 108 Å². The minimum absolute atomic E-state index is 0.121. The van der Waals surface area contributed by atoms with E-state index in [0.29, 0.717) is 17.9 Å². The van der Waals surface area contributed by atoms with Crippen molar-refractivity contribution in [2.75, 3.05) is 19.8 Å². The summed E-state index contributed by atoms with van der Waals surface area (Å²) in [4.78, 5) is 179. The van der Waals surface area contributed by atoms with Gasteiger partial charge in [-0.3, -0.25) is 51.2 Å². The van der Waals surface area contributed by atoms with Gasteiger partial charge in [-0.15, -0.1) is 112 Å². The Morgan fingerprint density at radius 3 is 0.677 bits per heavy atom. The largest absolute Gasteiger partial charge is 0.567 e. The molecule has 0 saturated carbocycles. The Balaban J connectivity index is -0.000000110. The van der Waals surface area contributed by atoms with Gasteiger partial charge >= 0.3 is 86.9 Å². The second-order valence-electron chi connectivity index (χ2n) is 20.3. The molecule has 55 heteroatoms. The van der Waals surface area contributed by atoms with E-state index >= 15 is 0 Å². The highest BCUT2D eigenvalue weighted by Gasteiger charge is 2.21. The predicted octanol–water partition coefficient (Wildman–Crippen LogP) is 12.7. The van der Waals surface area contributed by atoms with Crippen LogP contribution in [0.3, 0.4) is 0 Å². The number of aromatic hydroxyl groups is 2. The lowest BCUT2D eigenvalue weighted by Gasteiger charge is -2.10. The number of phosphoric acid groups is 9. The third-order valence-electron chi connectivity index (χ3n) is 9.75. The zero-order valence-corrected chi connectivity index (χ0v) is 77.9. The molecule has 0 aliphatic rings. The number of hydrogen-bond acceptors (Lipinski definition) is 24. The van der Waals surface area contributed by atoms with Crippen LogP contribution >= 0.6 is 86.9 Å². The molecule has 0 aromatic heterocycles. The van der Waals surface area contributed by atoms with Crippen LogP contribution in [0.4, 0.5) is 0 Å². The second-order valence-corrected chi connectivity index (χ2v) is 32.1. The number of phenolic OH excluding ortho intramolecular Hbond substituents is 2. The Kier molecular flexibility index (Phi) is 99.4. The number of hydrogen-bond donors (Lipinski definition) is 22. The summed E-state index contributed by atoms with van der Waals surface area (Å²) in [5.74, 6) is 0.956. The molecule has 0 saturated heterocycles. The van der Waals surface area contributed by atoms with Crippen LogP contribution in [0.5, 0.6) is 23.0 Å². The molecule has 44 nitrogen and oxygen atoms in total. The first kappa shape index (κ1) is 143. The van der Waals surface area contributed by atoms with Crippen molar-refractivity contribution in [3.63, 3.8) is 0 Å². The molecule has 0 heterocycles. The normalized spacial score (nSPS) is 11.5. The fourth-order valence-corrected chi connectivity index (χ4v) is 9.26. The highest BCUT2D eigenvalue weighted by atomic mass is 31.2. The van der Waals surface area contributed by atoms with Crippen molar-refractivity contribution < 1.29 is 209 Å². The minimum atomic E-state index is -4.44. The van der Waals surface area contributed by atoms with E-state index in [2.05, 4.69) is 153 Å². The number of phosphoric ester groups is 9. The fourth-order valence-electron chi connectivity index (χ4n) is 5.45. The van der Waals surface area contributed by atoms with E-state index in [1.165, 1.54) is 92.6 Å². The van der Waals surface area contributed by atoms with E-state index < -0.39 is 111 Å². The Morgan fingerprint density at radius 2 is 0.532 bits per heavy atom. The van der Waals surface area contributed by atoms with Crippen molar-refractivity contribution in [3.05, 3.63) is 298 Å². The second kappa shape index (κ2) is 86.0. The molecule has 712 valence electrons. The lowest BCUT2D eigenvalue weighted by molar-refractivity contribution is -0.181. The molecule has 6 atom stereocenters. The van der Waals surface area contributed by atoms with Crippen LogP contribution in [0, 0.1) is 0 Å². The van der Waals surface area contributed by atoms with E-state index in [0.717, 1.165) is 43.2 Å². The smallest absolute Gasteiger partial charge is 0.524 e. The Labute approximate surface area is 723 Å². The predicted molar refractivity (Wildman–Crippen MR) is 468 cm³/mol. The molecule has 0 fully saturated rings. The summed E-state index contributed by atoms with van der Waals surface area (Å²) in [6.07, 6.45) is 18.8. The van der Waals surface area contributed by atoms with E-state index in [-0.39, 0.29) is 31.3 Å². The monoisotopic (exact) mass is 1990 g/mol. The van der Waals surface area contributed by atoms with Crippen molar-refractivity contribution in [2.24, 2.45) is 0 Å². The van der Waals surface area contributed by atoms with Crippen molar-refractivity contribution in [3.8, 4) is 23.0 Å². The fraction of sp³-hybridized carbons (Fsp3) is 0.246. The first-order valence-corrected chi connectivity index (χ1v) is 48.9. The van der Waals surface area contributed by atoms with Crippen molar-refractivity contribution in [1.82, 2.24) is 0 Å². The molecule has 0 spiro atoms. The summed E-state index contributed by atoms with van der Waals surface area (Å²) in [7, 11) is -45.1. The molecular formula is C69H117O44P11. The topological polar surface area (TPSA) is 762 Å². The molecule has 0 aliphatic carbocycles. The molecule has 6 unspecified atom stereocenters. The van der Waals surface area contributed by atoms with Crippen LogP contribution in [0.25, 0.3) is 0 Å². The number of rotatable bonds is 35. The molecule has 0 bridgehead atoms. The van der Waals surface area contributed by atoms with E-state index in [9.17, 15) is 41.1 Å². The molecule has 124 heavy (non-hydrogen) atoms. The summed E-state index contributed by atoms with van der Waals surface area (Å²) in [6, 6.07) is 27.4. The first-order valence-electron chi connectivity index (χ1n) is 32.9. The van der Waals surface area contributed by atoms with Gasteiger partial charge in [0.05, 0.1) is 44.2 Å². The van der Waals surface area contributed by atoms with Crippen molar-refractivity contribution in [1.29, 1.82) is 0 Å². The molecule has 0 radical (unpaired) electrons. The van der Waals surface area contributed by atoms with Gasteiger partial charge in [0.25, 0.3) is 0 Å². The van der Waals surface area contributed by atoms with Crippen LogP contribution < -0.4 is 18.8 Å².